The maximum atomic E-state index is 12.1. The molecule has 1 heterocycles. The molecule has 0 bridgehead atoms. The fourth-order valence-corrected chi connectivity index (χ4v) is 6.79. The molecule has 1 aliphatic heterocycles. The third-order valence-corrected chi connectivity index (χ3v) is 9.81. The topological polar surface area (TPSA) is 25.3 Å². The maximum absolute atomic E-state index is 12.1. The Morgan fingerprint density at radius 1 is 0.491 bits per heavy atom. The maximum Gasteiger partial charge on any atom is 2.00 e. The van der Waals surface area contributed by atoms with Gasteiger partial charge in [0.2, 0.25) is 11.4 Å². The third kappa shape index (κ3) is 19.6. The second-order valence-electron chi connectivity index (χ2n) is 14.1. The van der Waals surface area contributed by atoms with Gasteiger partial charge in [0.1, 0.15) is 0 Å². The number of nitrogens with zero attached hydrogens (tertiary/aromatic N) is 2. The van der Waals surface area contributed by atoms with Gasteiger partial charge in [-0.1, -0.05) is 166 Å². The molecule has 0 radical (unpaired) electrons. The average molecular weight is 766 g/mol. The minimum absolute atomic E-state index is 0. The van der Waals surface area contributed by atoms with Gasteiger partial charge in [-0.15, -0.1) is 0 Å². The predicted molar refractivity (Wildman–Crippen MR) is 233 cm³/mol. The molecular formula is C50H78N2Ni. The van der Waals surface area contributed by atoms with Crippen LogP contribution in [0.4, 0.5) is 0 Å². The van der Waals surface area contributed by atoms with Crippen molar-refractivity contribution in [3.8, 4) is 0 Å². The summed E-state index contributed by atoms with van der Waals surface area (Å²) in [5, 5.41) is 0. The first kappa shape index (κ1) is 50.5. The molecule has 0 fully saturated rings. The van der Waals surface area contributed by atoms with E-state index in [4.69, 9.17) is 0 Å². The Balaban J connectivity index is 0.00000522. The number of unbranched alkanes of at least 4 members (excludes halogenated alkanes) is 16. The van der Waals surface area contributed by atoms with Crippen LogP contribution < -0.4 is 0 Å². The fraction of sp³-hybridized carbons (Fsp3) is 0.560. The molecule has 3 rings (SSSR count). The molecule has 0 saturated carbocycles. The second-order valence-corrected chi connectivity index (χ2v) is 14.1. The van der Waals surface area contributed by atoms with Gasteiger partial charge in [-0.05, 0) is 86.8 Å². The van der Waals surface area contributed by atoms with E-state index in [1.54, 1.807) is 13.8 Å². The first-order chi connectivity index (χ1) is 25.6. The van der Waals surface area contributed by atoms with E-state index in [2.05, 4.69) is 114 Å². The molecule has 1 aliphatic rings. The molecule has 2 aromatic carbocycles. The SMILES string of the molecule is CCCCCCCC=CC1=C(c2ccc(CCCC)cc2)[N+](=[N-])C(c2cccc(CCCC)c2)=C1C=CCCCCCCCCCCC.[CH2-]C.[CH2-]C.[Ni+2]. The molecule has 0 atom stereocenters. The Kier molecular flexibility index (Phi) is 32.4. The third-order valence-electron chi connectivity index (χ3n) is 9.81. The van der Waals surface area contributed by atoms with Crippen LogP contribution in [0.1, 0.15) is 192 Å². The number of allylic oxidation sites excluding steroid dienone is 6. The van der Waals surface area contributed by atoms with Gasteiger partial charge < -0.3 is 19.4 Å². The average Bonchev–Trinajstić information content (AvgIpc) is 3.46. The van der Waals surface area contributed by atoms with Crippen molar-refractivity contribution < 1.29 is 21.2 Å². The van der Waals surface area contributed by atoms with E-state index in [-0.39, 0.29) is 16.5 Å². The van der Waals surface area contributed by atoms with Crippen LogP contribution in [-0.2, 0) is 29.3 Å². The van der Waals surface area contributed by atoms with Crippen LogP contribution in [0.3, 0.4) is 0 Å². The van der Waals surface area contributed by atoms with Gasteiger partial charge in [-0.25, -0.2) is 4.70 Å². The number of hydrogen-bond donors (Lipinski definition) is 0. The molecule has 0 amide bonds. The second kappa shape index (κ2) is 34.0. The van der Waals surface area contributed by atoms with Crippen LogP contribution in [0.5, 0.6) is 0 Å². The van der Waals surface area contributed by atoms with Gasteiger partial charge in [0.25, 0.3) is 0 Å². The van der Waals surface area contributed by atoms with Gasteiger partial charge in [0.05, 0.1) is 11.1 Å². The summed E-state index contributed by atoms with van der Waals surface area (Å²) in [4.78, 5) is 0. The van der Waals surface area contributed by atoms with Crippen molar-refractivity contribution in [3.63, 3.8) is 0 Å². The molecule has 0 aliphatic carbocycles. The van der Waals surface area contributed by atoms with Crippen LogP contribution >= 0.6 is 0 Å². The number of aryl methyl sites for hydroxylation is 2. The zero-order chi connectivity index (χ0) is 38.2. The van der Waals surface area contributed by atoms with Crippen molar-refractivity contribution in [1.29, 1.82) is 0 Å². The van der Waals surface area contributed by atoms with Gasteiger partial charge in [-0.3, -0.25) is 0 Å². The molecule has 0 aromatic heterocycles. The van der Waals surface area contributed by atoms with Crippen molar-refractivity contribution in [3.05, 3.63) is 126 Å². The molecule has 2 nitrogen and oxygen atoms in total. The first-order valence-electron chi connectivity index (χ1n) is 21.6. The fourth-order valence-electron chi connectivity index (χ4n) is 6.79. The summed E-state index contributed by atoms with van der Waals surface area (Å²) in [5.74, 6) is 0. The molecule has 0 spiro atoms. The summed E-state index contributed by atoms with van der Waals surface area (Å²) >= 11 is 0. The smallest absolute Gasteiger partial charge is 0.493 e. The van der Waals surface area contributed by atoms with Crippen LogP contribution in [-0.4, -0.2) is 4.70 Å². The molecular weight excluding hydrogens is 687 g/mol. The number of hydrogen-bond acceptors (Lipinski definition) is 0. The van der Waals surface area contributed by atoms with E-state index in [0.29, 0.717) is 0 Å². The Morgan fingerprint density at radius 3 is 1.38 bits per heavy atom. The quantitative estimate of drug-likeness (QED) is 0.0394. The van der Waals surface area contributed by atoms with Gasteiger partial charge in [0.15, 0.2) is 0 Å². The van der Waals surface area contributed by atoms with Crippen LogP contribution in [0.15, 0.2) is 84.0 Å². The Labute approximate surface area is 339 Å². The van der Waals surface area contributed by atoms with Crippen molar-refractivity contribution in [2.24, 2.45) is 0 Å². The first-order valence-corrected chi connectivity index (χ1v) is 21.6. The molecule has 298 valence electrons. The van der Waals surface area contributed by atoms with Gasteiger partial charge in [0, 0.05) is 11.1 Å². The Bertz CT molecular complexity index is 1330. The summed E-state index contributed by atoms with van der Waals surface area (Å²) in [5.41, 5.74) is 21.0. The summed E-state index contributed by atoms with van der Waals surface area (Å²) < 4.78 is 1.50. The minimum atomic E-state index is 0. The summed E-state index contributed by atoms with van der Waals surface area (Å²) in [6, 6.07) is 17.8. The minimum Gasteiger partial charge on any atom is -0.493 e. The zero-order valence-corrected chi connectivity index (χ0v) is 36.1. The van der Waals surface area contributed by atoms with E-state index in [9.17, 15) is 5.53 Å². The summed E-state index contributed by atoms with van der Waals surface area (Å²) in [6.45, 7) is 19.1. The van der Waals surface area contributed by atoms with Crippen LogP contribution in [0.2, 0.25) is 0 Å². The van der Waals surface area contributed by atoms with Gasteiger partial charge in [-0.2, -0.15) is 13.8 Å². The molecule has 53 heavy (non-hydrogen) atoms. The van der Waals surface area contributed by atoms with Crippen LogP contribution in [0, 0.1) is 13.8 Å². The van der Waals surface area contributed by atoms with E-state index in [1.165, 1.54) is 131 Å². The monoisotopic (exact) mass is 765 g/mol. The number of rotatable bonds is 26. The summed E-state index contributed by atoms with van der Waals surface area (Å²) in [7, 11) is 0. The van der Waals surface area contributed by atoms with Crippen molar-refractivity contribution in [1.82, 2.24) is 0 Å². The largest absolute Gasteiger partial charge is 2.00 e. The van der Waals surface area contributed by atoms with E-state index < -0.39 is 0 Å². The molecule has 0 unspecified atom stereocenters. The van der Waals surface area contributed by atoms with Crippen LogP contribution in [0.25, 0.3) is 16.9 Å². The predicted octanol–water partition coefficient (Wildman–Crippen LogP) is 16.6. The van der Waals surface area contributed by atoms with Gasteiger partial charge >= 0.3 is 16.5 Å². The van der Waals surface area contributed by atoms with Crippen molar-refractivity contribution >= 4 is 11.4 Å². The standard InChI is InChI=1S/C46H68N2.2C2H5.Ni/c1-5-9-13-15-17-18-19-20-22-24-26-33-44-43(32-25-23-21-16-14-10-6-2)45(41-36-34-39(35-37-41)28-11-7-3)48(47)46(44)42-31-27-30-40(38-42)29-12-8-4;2*1-2;/h25-27,30-38H,5-24,28-29H2,1-4H3;2*1H2,2H3;/q;2*-1;+2. The van der Waals surface area contributed by atoms with Crippen molar-refractivity contribution in [2.75, 3.05) is 0 Å². The normalized spacial score (nSPS) is 12.6. The molecule has 0 N–H and O–H groups in total. The summed E-state index contributed by atoms with van der Waals surface area (Å²) in [6.07, 6.45) is 36.9. The Morgan fingerprint density at radius 2 is 0.906 bits per heavy atom. The zero-order valence-electron chi connectivity index (χ0n) is 35.1. The Hall–Kier alpha value is -2.51. The molecule has 2 aromatic rings. The van der Waals surface area contributed by atoms with E-state index in [0.717, 1.165) is 59.4 Å². The van der Waals surface area contributed by atoms with E-state index in [1.807, 2.05) is 0 Å². The van der Waals surface area contributed by atoms with E-state index >= 15 is 0 Å². The van der Waals surface area contributed by atoms with Crippen molar-refractivity contribution in [2.45, 2.75) is 183 Å². The molecule has 3 heteroatoms. The molecule has 0 saturated heterocycles. The number of benzene rings is 2.